The third-order valence-corrected chi connectivity index (χ3v) is 5.22. The van der Waals surface area contributed by atoms with Crippen LogP contribution in [-0.2, 0) is 11.3 Å². The number of carbonyl (C=O) groups excluding carboxylic acids is 1. The van der Waals surface area contributed by atoms with Gasteiger partial charge in [0.1, 0.15) is 0 Å². The Labute approximate surface area is 156 Å². The van der Waals surface area contributed by atoms with Crippen molar-refractivity contribution in [2.45, 2.75) is 43.6 Å². The molecule has 26 heavy (non-hydrogen) atoms. The number of amides is 1. The maximum Gasteiger partial charge on any atom is 0.343 e. The summed E-state index contributed by atoms with van der Waals surface area (Å²) in [5.41, 5.74) is 0.523. The minimum absolute atomic E-state index is 0.122. The molecule has 0 bridgehead atoms. The Morgan fingerprint density at radius 1 is 1.27 bits per heavy atom. The summed E-state index contributed by atoms with van der Waals surface area (Å²) in [4.78, 5) is 24.4. The topological polar surface area (TPSA) is 79.8 Å². The predicted molar refractivity (Wildman–Crippen MR) is 106 cm³/mol. The number of benzene rings is 2. The number of aromatic amines is 1. The van der Waals surface area contributed by atoms with Crippen molar-refractivity contribution in [1.29, 1.82) is 0 Å². The second kappa shape index (κ2) is 8.23. The molecule has 0 radical (unpaired) electrons. The van der Waals surface area contributed by atoms with Gasteiger partial charge in [-0.15, -0.1) is 5.10 Å². The van der Waals surface area contributed by atoms with E-state index in [0.29, 0.717) is 11.7 Å². The average Bonchev–Trinajstić information content (AvgIpc) is 2.99. The highest BCUT2D eigenvalue weighted by molar-refractivity contribution is 8.00. The van der Waals surface area contributed by atoms with Gasteiger partial charge in [-0.1, -0.05) is 55.4 Å². The largest absolute Gasteiger partial charge is 0.343 e. The molecule has 0 aliphatic carbocycles. The highest BCUT2D eigenvalue weighted by Gasteiger charge is 2.19. The van der Waals surface area contributed by atoms with E-state index in [0.717, 1.165) is 29.3 Å². The minimum Gasteiger partial charge on any atom is -0.325 e. The summed E-state index contributed by atoms with van der Waals surface area (Å²) in [6.45, 7) is 4.48. The maximum absolute atomic E-state index is 12.5. The van der Waals surface area contributed by atoms with Crippen LogP contribution >= 0.6 is 11.8 Å². The standard InChI is InChI=1S/C19H22N4O2S/c1-3-4-11-23-18(25)21-22-19(23)26-13(2)17(24)20-16-10-9-14-7-5-6-8-15(14)12-16/h5-10,12-13H,3-4,11H2,1-2H3,(H,20,24)(H,21,25). The number of thioether (sulfide) groups is 1. The second-order valence-corrected chi connectivity index (χ2v) is 7.44. The molecule has 0 fully saturated rings. The summed E-state index contributed by atoms with van der Waals surface area (Å²) in [6, 6.07) is 13.8. The van der Waals surface area contributed by atoms with E-state index in [9.17, 15) is 9.59 Å². The summed E-state index contributed by atoms with van der Waals surface area (Å²) in [5, 5.41) is 11.8. The fourth-order valence-electron chi connectivity index (χ4n) is 2.63. The number of anilines is 1. The molecule has 1 aromatic heterocycles. The van der Waals surface area contributed by atoms with Gasteiger partial charge in [0.05, 0.1) is 5.25 Å². The van der Waals surface area contributed by atoms with Gasteiger partial charge >= 0.3 is 5.69 Å². The van der Waals surface area contributed by atoms with Crippen LogP contribution in [0.1, 0.15) is 26.7 Å². The van der Waals surface area contributed by atoms with Crippen LogP contribution in [0.25, 0.3) is 10.8 Å². The number of rotatable bonds is 7. The summed E-state index contributed by atoms with van der Waals surface area (Å²) in [5.74, 6) is -0.122. The van der Waals surface area contributed by atoms with Crippen molar-refractivity contribution in [3.8, 4) is 0 Å². The van der Waals surface area contributed by atoms with Gasteiger partial charge in [0.2, 0.25) is 5.91 Å². The van der Waals surface area contributed by atoms with Gasteiger partial charge in [-0.05, 0) is 36.2 Å². The Morgan fingerprint density at radius 3 is 2.81 bits per heavy atom. The zero-order valence-electron chi connectivity index (χ0n) is 14.9. The Bertz CT molecular complexity index is 963. The number of carbonyl (C=O) groups is 1. The van der Waals surface area contributed by atoms with E-state index in [2.05, 4.69) is 22.4 Å². The van der Waals surface area contributed by atoms with Crippen molar-refractivity contribution in [2.24, 2.45) is 0 Å². The normalized spacial score (nSPS) is 12.2. The Hall–Kier alpha value is -2.54. The number of nitrogens with one attached hydrogen (secondary N) is 2. The first-order chi connectivity index (χ1) is 12.6. The molecule has 1 heterocycles. The summed E-state index contributed by atoms with van der Waals surface area (Å²) < 4.78 is 1.59. The Morgan fingerprint density at radius 2 is 2.04 bits per heavy atom. The lowest BCUT2D eigenvalue weighted by Gasteiger charge is -2.12. The van der Waals surface area contributed by atoms with Gasteiger partial charge in [0.25, 0.3) is 0 Å². The van der Waals surface area contributed by atoms with Gasteiger partial charge < -0.3 is 5.32 Å². The summed E-state index contributed by atoms with van der Waals surface area (Å²) in [7, 11) is 0. The lowest BCUT2D eigenvalue weighted by atomic mass is 10.1. The third kappa shape index (κ3) is 4.16. The first kappa shape index (κ1) is 18.3. The number of aromatic nitrogens is 3. The molecule has 3 aromatic rings. The van der Waals surface area contributed by atoms with Crippen molar-refractivity contribution < 1.29 is 4.79 Å². The third-order valence-electron chi connectivity index (χ3n) is 4.13. The van der Waals surface area contributed by atoms with Crippen LogP contribution in [-0.4, -0.2) is 25.9 Å². The van der Waals surface area contributed by atoms with E-state index in [1.54, 1.807) is 4.57 Å². The number of H-pyrrole nitrogens is 1. The van der Waals surface area contributed by atoms with Gasteiger partial charge in [-0.25, -0.2) is 9.89 Å². The van der Waals surface area contributed by atoms with E-state index in [4.69, 9.17) is 0 Å². The van der Waals surface area contributed by atoms with Crippen LogP contribution in [0.5, 0.6) is 0 Å². The van der Waals surface area contributed by atoms with Crippen molar-refractivity contribution in [3.05, 3.63) is 52.9 Å². The molecule has 1 amide bonds. The van der Waals surface area contributed by atoms with Crippen LogP contribution in [0.3, 0.4) is 0 Å². The quantitative estimate of drug-likeness (QED) is 0.622. The minimum atomic E-state index is -0.378. The van der Waals surface area contributed by atoms with Crippen LogP contribution in [0.15, 0.2) is 52.4 Å². The van der Waals surface area contributed by atoms with E-state index in [1.807, 2.05) is 49.4 Å². The SMILES string of the molecule is CCCCn1c(SC(C)C(=O)Nc2ccc3ccccc3c2)n[nH]c1=O. The van der Waals surface area contributed by atoms with Gasteiger partial charge in [0, 0.05) is 12.2 Å². The highest BCUT2D eigenvalue weighted by atomic mass is 32.2. The van der Waals surface area contributed by atoms with E-state index < -0.39 is 0 Å². The van der Waals surface area contributed by atoms with Gasteiger partial charge in [0.15, 0.2) is 5.16 Å². The number of fused-ring (bicyclic) bond motifs is 1. The molecule has 0 aliphatic heterocycles. The maximum atomic E-state index is 12.5. The average molecular weight is 370 g/mol. The Kier molecular flexibility index (Phi) is 5.78. The highest BCUT2D eigenvalue weighted by Crippen LogP contribution is 2.23. The van der Waals surface area contributed by atoms with Crippen LogP contribution in [0, 0.1) is 0 Å². The molecular formula is C19H22N4O2S. The predicted octanol–water partition coefficient (Wildman–Crippen LogP) is 3.64. The fourth-order valence-corrected chi connectivity index (χ4v) is 3.51. The fraction of sp³-hybridized carbons (Fsp3) is 0.316. The van der Waals surface area contributed by atoms with Gasteiger partial charge in [-0.3, -0.25) is 9.36 Å². The number of hydrogen-bond donors (Lipinski definition) is 2. The Balaban J connectivity index is 1.68. The molecule has 136 valence electrons. The molecule has 2 N–H and O–H groups in total. The summed E-state index contributed by atoms with van der Waals surface area (Å²) in [6.07, 6.45) is 1.88. The van der Waals surface area contributed by atoms with Crippen molar-refractivity contribution >= 4 is 34.1 Å². The molecule has 2 aromatic carbocycles. The molecule has 6 nitrogen and oxygen atoms in total. The number of nitrogens with zero attached hydrogens (tertiary/aromatic N) is 2. The lowest BCUT2D eigenvalue weighted by Crippen LogP contribution is -2.24. The van der Waals surface area contributed by atoms with Crippen molar-refractivity contribution in [1.82, 2.24) is 14.8 Å². The molecule has 3 rings (SSSR count). The molecule has 1 atom stereocenters. The van der Waals surface area contributed by atoms with E-state index >= 15 is 0 Å². The molecule has 7 heteroatoms. The van der Waals surface area contributed by atoms with Crippen LogP contribution in [0.4, 0.5) is 5.69 Å². The van der Waals surface area contributed by atoms with Crippen LogP contribution in [0.2, 0.25) is 0 Å². The molecule has 1 unspecified atom stereocenters. The first-order valence-corrected chi connectivity index (χ1v) is 9.58. The van der Waals surface area contributed by atoms with Crippen molar-refractivity contribution in [2.75, 3.05) is 5.32 Å². The van der Waals surface area contributed by atoms with Crippen LogP contribution < -0.4 is 11.0 Å². The lowest BCUT2D eigenvalue weighted by molar-refractivity contribution is -0.115. The second-order valence-electron chi connectivity index (χ2n) is 6.13. The molecule has 0 saturated carbocycles. The monoisotopic (exact) mass is 370 g/mol. The summed E-state index contributed by atoms with van der Waals surface area (Å²) >= 11 is 1.28. The zero-order chi connectivity index (χ0) is 18.5. The molecule has 0 spiro atoms. The van der Waals surface area contributed by atoms with E-state index in [1.165, 1.54) is 11.8 Å². The number of unbranched alkanes of at least 4 members (excludes halogenated alkanes) is 1. The first-order valence-electron chi connectivity index (χ1n) is 8.70. The van der Waals surface area contributed by atoms with Gasteiger partial charge in [-0.2, -0.15) is 0 Å². The molecule has 0 aliphatic rings. The van der Waals surface area contributed by atoms with E-state index in [-0.39, 0.29) is 16.8 Å². The molecular weight excluding hydrogens is 348 g/mol. The number of hydrogen-bond acceptors (Lipinski definition) is 4. The smallest absolute Gasteiger partial charge is 0.325 e. The zero-order valence-corrected chi connectivity index (χ0v) is 15.7. The molecule has 0 saturated heterocycles. The van der Waals surface area contributed by atoms with Crippen molar-refractivity contribution in [3.63, 3.8) is 0 Å².